The molecule has 6 nitrogen and oxygen atoms in total. The van der Waals surface area contributed by atoms with Crippen molar-refractivity contribution in [3.63, 3.8) is 0 Å². The summed E-state index contributed by atoms with van der Waals surface area (Å²) < 4.78 is 0. The molecule has 0 unspecified atom stereocenters. The van der Waals surface area contributed by atoms with E-state index >= 15 is 0 Å². The molecule has 0 aliphatic rings. The number of azo groups is 1. The van der Waals surface area contributed by atoms with E-state index in [1.165, 1.54) is 24.3 Å². The van der Waals surface area contributed by atoms with Gasteiger partial charge in [-0.3, -0.25) is 0 Å². The minimum absolute atomic E-state index is 0. The third-order valence-electron chi connectivity index (χ3n) is 4.92. The van der Waals surface area contributed by atoms with E-state index in [9.17, 15) is 19.8 Å². The van der Waals surface area contributed by atoms with Crippen LogP contribution in [0.2, 0.25) is 0 Å². The van der Waals surface area contributed by atoms with Crippen LogP contribution in [0, 0.1) is 0 Å². The maximum atomic E-state index is 10.9. The van der Waals surface area contributed by atoms with E-state index in [2.05, 4.69) is 10.2 Å². The molecule has 0 aliphatic heterocycles. The van der Waals surface area contributed by atoms with Crippen molar-refractivity contribution >= 4 is 23.3 Å². The van der Waals surface area contributed by atoms with E-state index in [1.54, 1.807) is 24.3 Å². The average molecular weight is 466 g/mol. The van der Waals surface area contributed by atoms with Crippen LogP contribution in [0.3, 0.4) is 0 Å². The molecule has 156 valence electrons. The summed E-state index contributed by atoms with van der Waals surface area (Å²) in [5.74, 6) is -2.40. The molecule has 0 aliphatic carbocycles. The van der Waals surface area contributed by atoms with Crippen molar-refractivity contribution in [2.75, 3.05) is 0 Å². The van der Waals surface area contributed by atoms with Crippen LogP contribution in [0.4, 0.5) is 11.4 Å². The number of carboxylic acids is 2. The molecule has 0 amide bonds. The van der Waals surface area contributed by atoms with Crippen molar-refractivity contribution < 1.29 is 78.9 Å². The largest absolute Gasteiger partial charge is 1.00 e. The van der Waals surface area contributed by atoms with Crippen molar-refractivity contribution in [1.82, 2.24) is 0 Å². The van der Waals surface area contributed by atoms with Gasteiger partial charge in [-0.1, -0.05) is 72.8 Å². The fourth-order valence-corrected chi connectivity index (χ4v) is 3.15. The van der Waals surface area contributed by atoms with Gasteiger partial charge in [0.05, 0.1) is 23.3 Å². The van der Waals surface area contributed by atoms with Gasteiger partial charge in [0.2, 0.25) is 0 Å². The third-order valence-corrected chi connectivity index (χ3v) is 4.92. The first kappa shape index (κ1) is 27.7. The zero-order valence-corrected chi connectivity index (χ0v) is 22.8. The van der Waals surface area contributed by atoms with Crippen LogP contribution in [0.1, 0.15) is 20.7 Å². The fourth-order valence-electron chi connectivity index (χ4n) is 3.15. The smallest absolute Gasteiger partial charge is 0.545 e. The van der Waals surface area contributed by atoms with Crippen LogP contribution in [-0.2, 0) is 0 Å². The monoisotopic (exact) mass is 466 g/mol. The van der Waals surface area contributed by atoms with Gasteiger partial charge < -0.3 is 19.8 Å². The Balaban J connectivity index is 0.00000204. The van der Waals surface area contributed by atoms with Gasteiger partial charge in [-0.15, -0.1) is 0 Å². The number of nitrogens with zero attached hydrogens (tertiary/aromatic N) is 2. The summed E-state index contributed by atoms with van der Waals surface area (Å²) in [5, 5.41) is 30.2. The molecule has 4 aromatic carbocycles. The molecule has 0 saturated heterocycles. The number of rotatable bonds is 6. The standard InChI is InChI=1S/C26H18N2O4.2Na/c29-25(30)21-5-1-17(2-6-21)19-9-13-23(14-10-19)27-28-24-15-11-20(12-16-24)18-3-7-22(8-4-18)26(31)32;;/h1-16H,(H,29,30)(H,31,32);;/q;2*+1/p-2. The third kappa shape index (κ3) is 6.96. The molecule has 0 spiro atoms. The number of carbonyl (C=O) groups is 2. The number of hydrogen-bond donors (Lipinski definition) is 0. The molecule has 0 N–H and O–H groups in total. The van der Waals surface area contributed by atoms with Crippen LogP contribution in [-0.4, -0.2) is 11.9 Å². The van der Waals surface area contributed by atoms with Crippen LogP contribution >= 0.6 is 0 Å². The summed E-state index contributed by atoms with van der Waals surface area (Å²) in [4.78, 5) is 21.7. The Labute approximate surface area is 241 Å². The zero-order chi connectivity index (χ0) is 22.5. The summed E-state index contributed by atoms with van der Waals surface area (Å²) in [6.07, 6.45) is 0. The summed E-state index contributed by atoms with van der Waals surface area (Å²) in [5.41, 5.74) is 5.29. The molecule has 0 fully saturated rings. The van der Waals surface area contributed by atoms with Crippen LogP contribution in [0.15, 0.2) is 107 Å². The van der Waals surface area contributed by atoms with Gasteiger partial charge in [-0.2, -0.15) is 10.2 Å². The SMILES string of the molecule is O=C([O-])c1ccc(-c2ccc(N=Nc3ccc(-c4ccc(C(=O)[O-])cc4)cc3)cc2)cc1.[Na+].[Na+]. The second kappa shape index (κ2) is 12.8. The van der Waals surface area contributed by atoms with Gasteiger partial charge in [0, 0.05) is 0 Å². The average Bonchev–Trinajstić information content (AvgIpc) is 2.83. The molecular weight excluding hydrogens is 450 g/mol. The maximum Gasteiger partial charge on any atom is 1.00 e. The van der Waals surface area contributed by atoms with Gasteiger partial charge >= 0.3 is 59.1 Å². The van der Waals surface area contributed by atoms with Crippen molar-refractivity contribution in [2.24, 2.45) is 10.2 Å². The Bertz CT molecular complexity index is 1180. The van der Waals surface area contributed by atoms with Gasteiger partial charge in [-0.05, 0) is 57.6 Å². The Hall–Kier alpha value is -2.58. The fraction of sp³-hybridized carbons (Fsp3) is 0. The van der Waals surface area contributed by atoms with Crippen molar-refractivity contribution in [2.45, 2.75) is 0 Å². The minimum atomic E-state index is -1.20. The molecule has 0 aromatic heterocycles. The number of aromatic carboxylic acids is 2. The number of benzene rings is 4. The van der Waals surface area contributed by atoms with Crippen molar-refractivity contribution in [3.05, 3.63) is 108 Å². The molecular formula is C26H16N2Na2O4. The normalized spacial score (nSPS) is 10.2. The minimum Gasteiger partial charge on any atom is -0.545 e. The van der Waals surface area contributed by atoms with E-state index in [4.69, 9.17) is 0 Å². The van der Waals surface area contributed by atoms with E-state index in [1.807, 2.05) is 48.5 Å². The Kier molecular flexibility index (Phi) is 10.4. The Morgan fingerprint density at radius 3 is 0.912 bits per heavy atom. The van der Waals surface area contributed by atoms with E-state index in [-0.39, 0.29) is 70.2 Å². The summed E-state index contributed by atoms with van der Waals surface area (Å²) in [6.45, 7) is 0. The summed E-state index contributed by atoms with van der Waals surface area (Å²) in [7, 11) is 0. The molecule has 0 bridgehead atoms. The second-order valence-corrected chi connectivity index (χ2v) is 7.02. The number of hydrogen-bond acceptors (Lipinski definition) is 6. The molecule has 4 aromatic rings. The molecule has 0 saturated carbocycles. The van der Waals surface area contributed by atoms with E-state index in [0.29, 0.717) is 11.4 Å². The van der Waals surface area contributed by atoms with Gasteiger partial charge in [0.15, 0.2) is 0 Å². The number of carbonyl (C=O) groups excluding carboxylic acids is 2. The van der Waals surface area contributed by atoms with Gasteiger partial charge in [-0.25, -0.2) is 0 Å². The molecule has 8 heteroatoms. The van der Waals surface area contributed by atoms with Crippen LogP contribution in [0.25, 0.3) is 22.3 Å². The quantitative estimate of drug-likeness (QED) is 0.246. The van der Waals surface area contributed by atoms with E-state index in [0.717, 1.165) is 22.3 Å². The molecule has 0 heterocycles. The van der Waals surface area contributed by atoms with Crippen LogP contribution < -0.4 is 69.3 Å². The topological polar surface area (TPSA) is 105 Å². The van der Waals surface area contributed by atoms with Crippen molar-refractivity contribution in [3.8, 4) is 22.3 Å². The second-order valence-electron chi connectivity index (χ2n) is 7.02. The molecule has 0 radical (unpaired) electrons. The molecule has 34 heavy (non-hydrogen) atoms. The van der Waals surface area contributed by atoms with Gasteiger partial charge in [0.25, 0.3) is 0 Å². The molecule has 4 rings (SSSR count). The van der Waals surface area contributed by atoms with E-state index < -0.39 is 11.9 Å². The predicted octanol–water partition coefficient (Wildman–Crippen LogP) is -1.83. The predicted molar refractivity (Wildman–Crippen MR) is 117 cm³/mol. The van der Waals surface area contributed by atoms with Crippen molar-refractivity contribution in [1.29, 1.82) is 0 Å². The summed E-state index contributed by atoms with van der Waals surface area (Å²) in [6, 6.07) is 27.9. The first-order valence-corrected chi connectivity index (χ1v) is 9.75. The zero-order valence-electron chi connectivity index (χ0n) is 18.8. The molecule has 0 atom stereocenters. The summed E-state index contributed by atoms with van der Waals surface area (Å²) >= 11 is 0. The Morgan fingerprint density at radius 1 is 0.441 bits per heavy atom. The van der Waals surface area contributed by atoms with Gasteiger partial charge in [0.1, 0.15) is 0 Å². The number of carboxylic acid groups (broad SMARTS) is 2. The Morgan fingerprint density at radius 2 is 0.676 bits per heavy atom. The van der Waals surface area contributed by atoms with Crippen LogP contribution in [0.5, 0.6) is 0 Å². The first-order chi connectivity index (χ1) is 15.5. The first-order valence-electron chi connectivity index (χ1n) is 9.75. The maximum absolute atomic E-state index is 10.9.